The molecule has 0 aliphatic carbocycles. The Labute approximate surface area is 96.2 Å². The molecule has 17 heavy (non-hydrogen) atoms. The van der Waals surface area contributed by atoms with Crippen LogP contribution in [0.3, 0.4) is 0 Å². The van der Waals surface area contributed by atoms with Crippen LogP contribution in [-0.4, -0.2) is 24.7 Å². The highest BCUT2D eigenvalue weighted by Gasteiger charge is 2.51. The number of hydrogen-bond donors (Lipinski definition) is 4. The standard InChI is InChI=1S/C8H11N7O2/c1-8(7(17)14-15-11)3(4(9)10)5(12-2)13-6(8)16/h12H,1-2H3,(H3,9,10)(H,13,16). The molecular formula is C8H11N7O2. The monoisotopic (exact) mass is 237 g/mol. The molecule has 1 rings (SSSR count). The SMILES string of the molecule is CNC1=C(C(=N)N)C(C)(C(=O)N=[N+]=[N-])C(=O)N1. The van der Waals surface area contributed by atoms with E-state index in [0.717, 1.165) is 0 Å². The van der Waals surface area contributed by atoms with Gasteiger partial charge in [0.1, 0.15) is 17.1 Å². The smallest absolute Gasteiger partial charge is 0.243 e. The molecule has 1 heterocycles. The van der Waals surface area contributed by atoms with Crippen molar-refractivity contribution < 1.29 is 9.59 Å². The van der Waals surface area contributed by atoms with Crippen molar-refractivity contribution in [3.8, 4) is 0 Å². The molecule has 1 unspecified atom stereocenters. The summed E-state index contributed by atoms with van der Waals surface area (Å²) >= 11 is 0. The topological polar surface area (TPSA) is 157 Å². The van der Waals surface area contributed by atoms with E-state index < -0.39 is 23.1 Å². The Morgan fingerprint density at radius 2 is 2.29 bits per heavy atom. The van der Waals surface area contributed by atoms with Gasteiger partial charge in [-0.05, 0) is 17.6 Å². The summed E-state index contributed by atoms with van der Waals surface area (Å²) in [5, 5.41) is 15.3. The fourth-order valence-corrected chi connectivity index (χ4v) is 1.60. The maximum absolute atomic E-state index is 11.7. The van der Waals surface area contributed by atoms with Crippen LogP contribution in [0.2, 0.25) is 0 Å². The number of carbonyl (C=O) groups is 2. The van der Waals surface area contributed by atoms with Crippen LogP contribution in [0.15, 0.2) is 16.5 Å². The Balaban J connectivity index is 3.43. The van der Waals surface area contributed by atoms with Crippen LogP contribution in [0.25, 0.3) is 10.4 Å². The van der Waals surface area contributed by atoms with E-state index in [1.807, 2.05) is 0 Å². The molecule has 0 bridgehead atoms. The van der Waals surface area contributed by atoms with E-state index in [9.17, 15) is 9.59 Å². The lowest BCUT2D eigenvalue weighted by molar-refractivity contribution is -0.136. The summed E-state index contributed by atoms with van der Waals surface area (Å²) in [5.41, 5.74) is 11.8. The van der Waals surface area contributed by atoms with Gasteiger partial charge in [-0.25, -0.2) is 0 Å². The molecule has 0 fully saturated rings. The van der Waals surface area contributed by atoms with E-state index in [4.69, 9.17) is 16.7 Å². The highest BCUT2D eigenvalue weighted by molar-refractivity contribution is 6.19. The molecule has 5 N–H and O–H groups in total. The molecule has 0 saturated carbocycles. The van der Waals surface area contributed by atoms with Crippen molar-refractivity contribution >= 4 is 17.6 Å². The number of carbonyl (C=O) groups excluding carboxylic acids is 2. The van der Waals surface area contributed by atoms with Gasteiger partial charge < -0.3 is 16.4 Å². The summed E-state index contributed by atoms with van der Waals surface area (Å²) in [4.78, 5) is 25.8. The summed E-state index contributed by atoms with van der Waals surface area (Å²) in [6, 6.07) is 0. The van der Waals surface area contributed by atoms with Crippen molar-refractivity contribution in [1.82, 2.24) is 10.6 Å². The summed E-state index contributed by atoms with van der Waals surface area (Å²) in [6.45, 7) is 1.25. The highest BCUT2D eigenvalue weighted by atomic mass is 16.2. The lowest BCUT2D eigenvalue weighted by Gasteiger charge is -2.19. The predicted molar refractivity (Wildman–Crippen MR) is 58.4 cm³/mol. The number of rotatable bonds is 3. The van der Waals surface area contributed by atoms with Gasteiger partial charge in [-0.15, -0.1) is 0 Å². The van der Waals surface area contributed by atoms with Crippen molar-refractivity contribution in [1.29, 1.82) is 5.41 Å². The summed E-state index contributed by atoms with van der Waals surface area (Å²) < 4.78 is 0. The van der Waals surface area contributed by atoms with E-state index in [0.29, 0.717) is 0 Å². The van der Waals surface area contributed by atoms with E-state index in [1.165, 1.54) is 14.0 Å². The van der Waals surface area contributed by atoms with Gasteiger partial charge in [-0.2, -0.15) is 0 Å². The Kier molecular flexibility index (Phi) is 3.05. The first-order valence-electron chi connectivity index (χ1n) is 4.57. The third kappa shape index (κ3) is 1.68. The molecule has 1 atom stereocenters. The van der Waals surface area contributed by atoms with Crippen molar-refractivity contribution in [3.05, 3.63) is 21.8 Å². The van der Waals surface area contributed by atoms with Gasteiger partial charge >= 0.3 is 0 Å². The Hall–Kier alpha value is -2.54. The first-order valence-corrected chi connectivity index (χ1v) is 4.57. The predicted octanol–water partition coefficient (Wildman–Crippen LogP) is -0.674. The molecule has 0 spiro atoms. The molecule has 0 aromatic heterocycles. The van der Waals surface area contributed by atoms with Crippen molar-refractivity contribution in [2.45, 2.75) is 6.92 Å². The largest absolute Gasteiger partial charge is 0.384 e. The summed E-state index contributed by atoms with van der Waals surface area (Å²) in [7, 11) is 1.50. The number of hydrogen-bond acceptors (Lipinski definition) is 4. The van der Waals surface area contributed by atoms with Crippen LogP contribution in [0.5, 0.6) is 0 Å². The van der Waals surface area contributed by atoms with Crippen LogP contribution in [0, 0.1) is 10.8 Å². The van der Waals surface area contributed by atoms with E-state index >= 15 is 0 Å². The minimum atomic E-state index is -1.77. The average Bonchev–Trinajstić information content (AvgIpc) is 2.52. The lowest BCUT2D eigenvalue weighted by Crippen LogP contribution is -2.40. The summed E-state index contributed by atoms with van der Waals surface area (Å²) in [6.07, 6.45) is 0. The fraction of sp³-hybridized carbons (Fsp3) is 0.375. The van der Waals surface area contributed by atoms with Crippen molar-refractivity contribution in [3.63, 3.8) is 0 Å². The molecule has 0 aromatic rings. The van der Waals surface area contributed by atoms with Crippen molar-refractivity contribution in [2.75, 3.05) is 7.05 Å². The van der Waals surface area contributed by atoms with Gasteiger partial charge in [0, 0.05) is 12.0 Å². The van der Waals surface area contributed by atoms with Gasteiger partial charge in [0.25, 0.3) is 0 Å². The van der Waals surface area contributed by atoms with Crippen LogP contribution in [-0.2, 0) is 9.59 Å². The number of azide groups is 1. The first kappa shape index (κ1) is 12.5. The van der Waals surface area contributed by atoms with E-state index in [1.54, 1.807) is 0 Å². The van der Waals surface area contributed by atoms with Gasteiger partial charge in [-0.1, -0.05) is 0 Å². The minimum Gasteiger partial charge on any atom is -0.384 e. The quantitative estimate of drug-likeness (QED) is 0.128. The third-order valence-electron chi connectivity index (χ3n) is 2.53. The van der Waals surface area contributed by atoms with Gasteiger partial charge in [0.05, 0.1) is 5.57 Å². The maximum atomic E-state index is 11.7. The molecule has 0 aromatic carbocycles. The maximum Gasteiger partial charge on any atom is 0.243 e. The molecule has 9 nitrogen and oxygen atoms in total. The zero-order valence-corrected chi connectivity index (χ0v) is 9.24. The highest BCUT2D eigenvalue weighted by Crippen LogP contribution is 2.35. The second-order valence-corrected chi connectivity index (χ2v) is 3.49. The second-order valence-electron chi connectivity index (χ2n) is 3.49. The van der Waals surface area contributed by atoms with Gasteiger partial charge in [0.2, 0.25) is 11.8 Å². The average molecular weight is 237 g/mol. The third-order valence-corrected chi connectivity index (χ3v) is 2.53. The Morgan fingerprint density at radius 3 is 2.71 bits per heavy atom. The zero-order valence-electron chi connectivity index (χ0n) is 9.24. The fourth-order valence-electron chi connectivity index (χ4n) is 1.60. The van der Waals surface area contributed by atoms with Crippen LogP contribution < -0.4 is 16.4 Å². The molecule has 9 heteroatoms. The van der Waals surface area contributed by atoms with Gasteiger partial charge in [0.15, 0.2) is 0 Å². The molecule has 90 valence electrons. The Morgan fingerprint density at radius 1 is 1.71 bits per heavy atom. The van der Waals surface area contributed by atoms with E-state index in [2.05, 4.69) is 20.7 Å². The zero-order chi connectivity index (χ0) is 13.2. The van der Waals surface area contributed by atoms with Crippen molar-refractivity contribution in [2.24, 2.45) is 16.3 Å². The molecule has 0 radical (unpaired) electrons. The lowest BCUT2D eigenvalue weighted by atomic mass is 9.82. The minimum absolute atomic E-state index is 0.0256. The number of nitrogens with one attached hydrogen (secondary N) is 3. The number of amides is 2. The van der Waals surface area contributed by atoms with Crippen LogP contribution in [0.4, 0.5) is 0 Å². The molecule has 0 saturated heterocycles. The molecule has 1 aliphatic heterocycles. The van der Waals surface area contributed by atoms with Crippen LogP contribution >= 0.6 is 0 Å². The Bertz CT molecular complexity index is 488. The number of amidine groups is 1. The number of nitrogens with zero attached hydrogens (tertiary/aromatic N) is 3. The first-order chi connectivity index (χ1) is 7.89. The van der Waals surface area contributed by atoms with E-state index in [-0.39, 0.29) is 11.4 Å². The normalized spacial score (nSPS) is 22.8. The summed E-state index contributed by atoms with van der Waals surface area (Å²) in [5.74, 6) is -1.99. The number of nitrogens with two attached hydrogens (primary N) is 1. The molecular weight excluding hydrogens is 226 g/mol. The second kappa shape index (κ2) is 4.14. The molecule has 2 amide bonds. The van der Waals surface area contributed by atoms with Crippen LogP contribution in [0.1, 0.15) is 6.92 Å². The molecule has 1 aliphatic rings. The van der Waals surface area contributed by atoms with Gasteiger partial charge in [-0.3, -0.25) is 15.0 Å².